The van der Waals surface area contributed by atoms with E-state index in [0.29, 0.717) is 17.7 Å². The van der Waals surface area contributed by atoms with Gasteiger partial charge in [-0.1, -0.05) is 6.07 Å². The smallest absolute Gasteiger partial charge is 0.323 e. The van der Waals surface area contributed by atoms with Gasteiger partial charge in [0, 0.05) is 17.0 Å². The van der Waals surface area contributed by atoms with Gasteiger partial charge in [-0.05, 0) is 77.6 Å². The number of nitrogens with zero attached hydrogens (tertiary/aromatic N) is 2. The molecule has 0 amide bonds. The normalized spacial score (nSPS) is 33.7. The van der Waals surface area contributed by atoms with E-state index in [0.717, 1.165) is 32.2 Å². The molecule has 1 spiro atoms. The average Bonchev–Trinajstić information content (AvgIpc) is 3.04. The van der Waals surface area contributed by atoms with Gasteiger partial charge in [-0.3, -0.25) is 4.79 Å². The summed E-state index contributed by atoms with van der Waals surface area (Å²) in [6.07, 6.45) is 3.74. The summed E-state index contributed by atoms with van der Waals surface area (Å²) in [5.74, 6) is 1.03. The Morgan fingerprint density at radius 3 is 2.84 bits per heavy atom. The summed E-state index contributed by atoms with van der Waals surface area (Å²) in [5.41, 5.74) is 1.81. The van der Waals surface area contributed by atoms with Gasteiger partial charge < -0.3 is 24.3 Å². The molecule has 1 aromatic carbocycles. The van der Waals surface area contributed by atoms with Crippen molar-refractivity contribution < 1.29 is 24.2 Å². The lowest BCUT2D eigenvalue weighted by Gasteiger charge is -2.59. The molecule has 0 radical (unpaired) electrons. The van der Waals surface area contributed by atoms with Gasteiger partial charge in [0.05, 0.1) is 13.2 Å². The highest BCUT2D eigenvalue weighted by molar-refractivity contribution is 5.72. The molecule has 2 aliphatic carbocycles. The maximum Gasteiger partial charge on any atom is 0.323 e. The highest BCUT2D eigenvalue weighted by Crippen LogP contribution is 2.64. The fourth-order valence-corrected chi connectivity index (χ4v) is 6.82. The number of carbonyl (C=O) groups is 1. The summed E-state index contributed by atoms with van der Waals surface area (Å²) in [7, 11) is 3.84. The lowest BCUT2D eigenvalue weighted by molar-refractivity contribution is -0.216. The van der Waals surface area contributed by atoms with Crippen molar-refractivity contribution >= 4 is 5.97 Å². The number of piperidine rings is 1. The van der Waals surface area contributed by atoms with E-state index < -0.39 is 5.60 Å². The number of rotatable bonds is 4. The maximum atomic E-state index is 12.6. The number of likely N-dealkylation sites (N-methyl/N-ethyl adjacent to an activating group) is 1. The van der Waals surface area contributed by atoms with Crippen LogP contribution in [0.25, 0.3) is 0 Å². The Hall–Kier alpha value is -1.83. The summed E-state index contributed by atoms with van der Waals surface area (Å²) in [5, 5.41) is 12.4. The molecule has 2 bridgehead atoms. The molecule has 7 nitrogen and oxygen atoms in total. The van der Waals surface area contributed by atoms with Gasteiger partial charge in [0.1, 0.15) is 18.2 Å². The molecule has 2 fully saturated rings. The number of ether oxygens (including phenoxy) is 2. The van der Waals surface area contributed by atoms with Gasteiger partial charge in [-0.25, -0.2) is 0 Å². The molecule has 0 unspecified atom stereocenters. The van der Waals surface area contributed by atoms with E-state index in [1.54, 1.807) is 18.2 Å². The number of carbonyl (C=O) groups excluding carboxylic acids is 1. The van der Waals surface area contributed by atoms with Gasteiger partial charge in [-0.2, -0.15) is 5.06 Å². The standard InChI is InChI=1S/C24H34N2O5/c1-23(2,3)31-19(28)13-26(29-5)16-8-7-15-17-12-14-6-9-18(27)21-20(14)24(15,22(16)30-21)10-11-25(17)4/h6,9,15-17,22,27H,7-8,10-13H2,1-5H3/t15-,16-,17+,22-,24-/m0/s1. The first-order valence-corrected chi connectivity index (χ1v) is 11.4. The Morgan fingerprint density at radius 2 is 2.13 bits per heavy atom. The number of hydrogen-bond acceptors (Lipinski definition) is 7. The Bertz CT molecular complexity index is 897. The van der Waals surface area contributed by atoms with E-state index >= 15 is 0 Å². The molecule has 5 atom stereocenters. The first-order valence-electron chi connectivity index (χ1n) is 11.4. The van der Waals surface area contributed by atoms with Gasteiger partial charge in [-0.15, -0.1) is 0 Å². The average molecular weight is 431 g/mol. The number of phenols is 1. The fourth-order valence-electron chi connectivity index (χ4n) is 6.82. The first kappa shape index (κ1) is 21.0. The lowest BCUT2D eigenvalue weighted by atomic mass is 9.51. The monoisotopic (exact) mass is 430 g/mol. The third-order valence-electron chi connectivity index (χ3n) is 7.87. The summed E-state index contributed by atoms with van der Waals surface area (Å²) in [6, 6.07) is 4.23. The van der Waals surface area contributed by atoms with E-state index in [1.807, 2.05) is 20.8 Å². The second kappa shape index (κ2) is 7.09. The lowest BCUT2D eigenvalue weighted by Crippen LogP contribution is -2.68. The van der Waals surface area contributed by atoms with Crippen LogP contribution in [-0.4, -0.2) is 72.1 Å². The van der Waals surface area contributed by atoms with Crippen molar-refractivity contribution in [2.75, 3.05) is 27.2 Å². The highest BCUT2D eigenvalue weighted by atomic mass is 16.7. The van der Waals surface area contributed by atoms with E-state index in [9.17, 15) is 9.90 Å². The molecule has 0 aromatic heterocycles. The molecule has 1 N–H and O–H groups in total. The van der Waals surface area contributed by atoms with Crippen LogP contribution in [0.2, 0.25) is 0 Å². The van der Waals surface area contributed by atoms with Crippen molar-refractivity contribution in [3.8, 4) is 11.5 Å². The van der Waals surface area contributed by atoms with Crippen LogP contribution in [0, 0.1) is 5.92 Å². The number of hydrogen-bond donors (Lipinski definition) is 1. The molecular formula is C24H34N2O5. The molecule has 7 heteroatoms. The van der Waals surface area contributed by atoms with E-state index in [4.69, 9.17) is 14.3 Å². The molecule has 1 aromatic rings. The van der Waals surface area contributed by atoms with E-state index in [1.165, 1.54) is 11.1 Å². The molecule has 1 saturated carbocycles. The Kier molecular flexibility index (Phi) is 4.81. The van der Waals surface area contributed by atoms with Crippen molar-refractivity contribution in [3.05, 3.63) is 23.3 Å². The summed E-state index contributed by atoms with van der Waals surface area (Å²) in [4.78, 5) is 20.8. The molecular weight excluding hydrogens is 396 g/mol. The topological polar surface area (TPSA) is 71.5 Å². The van der Waals surface area contributed by atoms with Crippen LogP contribution in [-0.2, 0) is 26.2 Å². The zero-order valence-corrected chi connectivity index (χ0v) is 19.2. The van der Waals surface area contributed by atoms with Crippen LogP contribution in [0.15, 0.2) is 12.1 Å². The maximum absolute atomic E-state index is 12.6. The van der Waals surface area contributed by atoms with Crippen molar-refractivity contribution in [2.24, 2.45) is 5.92 Å². The highest BCUT2D eigenvalue weighted by Gasteiger charge is 2.66. The zero-order valence-electron chi connectivity index (χ0n) is 19.2. The van der Waals surface area contributed by atoms with Gasteiger partial charge in [0.15, 0.2) is 11.5 Å². The molecule has 170 valence electrons. The zero-order chi connectivity index (χ0) is 22.1. The van der Waals surface area contributed by atoms with Crippen molar-refractivity contribution in [1.82, 2.24) is 9.96 Å². The Balaban J connectivity index is 1.52. The predicted octanol–water partition coefficient (Wildman–Crippen LogP) is 2.63. The number of hydroxylamine groups is 2. The second-order valence-corrected chi connectivity index (χ2v) is 10.6. The SMILES string of the molecule is CON(CC(=O)OC(C)(C)C)[C@H]1CC[C@H]2[C@H]3Cc4ccc(O)c5c4[C@@]2(CCN3C)[C@H]1O5. The largest absolute Gasteiger partial charge is 0.504 e. The fraction of sp³-hybridized carbons (Fsp3) is 0.708. The third-order valence-corrected chi connectivity index (χ3v) is 7.87. The minimum atomic E-state index is -0.543. The summed E-state index contributed by atoms with van der Waals surface area (Å²) >= 11 is 0. The van der Waals surface area contributed by atoms with Crippen LogP contribution in [0.1, 0.15) is 51.2 Å². The van der Waals surface area contributed by atoms with Crippen molar-refractivity contribution in [2.45, 2.75) is 75.7 Å². The molecule has 31 heavy (non-hydrogen) atoms. The Morgan fingerprint density at radius 1 is 1.35 bits per heavy atom. The third kappa shape index (κ3) is 3.08. The number of benzene rings is 1. The molecule has 1 saturated heterocycles. The van der Waals surface area contributed by atoms with Crippen LogP contribution >= 0.6 is 0 Å². The molecule has 5 rings (SSSR count). The molecule has 4 aliphatic rings. The Labute approximate surface area is 184 Å². The summed E-state index contributed by atoms with van der Waals surface area (Å²) in [6.45, 7) is 6.66. The first-order chi connectivity index (χ1) is 14.7. The van der Waals surface area contributed by atoms with Gasteiger partial charge in [0.2, 0.25) is 0 Å². The minimum absolute atomic E-state index is 0.0531. The number of esters is 1. The van der Waals surface area contributed by atoms with Gasteiger partial charge in [0.25, 0.3) is 0 Å². The molecule has 2 aliphatic heterocycles. The van der Waals surface area contributed by atoms with Crippen LogP contribution in [0.3, 0.4) is 0 Å². The predicted molar refractivity (Wildman–Crippen MR) is 115 cm³/mol. The molecule has 2 heterocycles. The quantitative estimate of drug-likeness (QED) is 0.582. The van der Waals surface area contributed by atoms with Crippen LogP contribution in [0.5, 0.6) is 11.5 Å². The van der Waals surface area contributed by atoms with E-state index in [2.05, 4.69) is 18.0 Å². The van der Waals surface area contributed by atoms with Gasteiger partial charge >= 0.3 is 5.97 Å². The number of likely N-dealkylation sites (tertiary alicyclic amines) is 1. The number of phenolic OH excluding ortho intramolecular Hbond substituents is 1. The van der Waals surface area contributed by atoms with Crippen LogP contribution < -0.4 is 4.74 Å². The summed E-state index contributed by atoms with van der Waals surface area (Å²) < 4.78 is 12.1. The van der Waals surface area contributed by atoms with Crippen molar-refractivity contribution in [1.29, 1.82) is 0 Å². The van der Waals surface area contributed by atoms with E-state index in [-0.39, 0.29) is 35.8 Å². The number of aromatic hydroxyl groups is 1. The minimum Gasteiger partial charge on any atom is -0.504 e. The second-order valence-electron chi connectivity index (χ2n) is 10.6. The van der Waals surface area contributed by atoms with Crippen LogP contribution in [0.4, 0.5) is 0 Å². The van der Waals surface area contributed by atoms with Crippen molar-refractivity contribution in [3.63, 3.8) is 0 Å².